The SMILES string of the molecule is FNCCC[C@H]1CCCN1. The molecule has 0 aromatic rings. The van der Waals surface area contributed by atoms with Crippen molar-refractivity contribution >= 4 is 0 Å². The van der Waals surface area contributed by atoms with Crippen LogP contribution in [0.15, 0.2) is 0 Å². The van der Waals surface area contributed by atoms with Crippen LogP contribution >= 0.6 is 0 Å². The summed E-state index contributed by atoms with van der Waals surface area (Å²) in [6.07, 6.45) is 4.60. The van der Waals surface area contributed by atoms with Crippen molar-refractivity contribution in [3.63, 3.8) is 0 Å². The van der Waals surface area contributed by atoms with Gasteiger partial charge in [0.1, 0.15) is 0 Å². The van der Waals surface area contributed by atoms with Crippen molar-refractivity contribution < 1.29 is 4.48 Å². The van der Waals surface area contributed by atoms with Gasteiger partial charge < -0.3 is 5.32 Å². The van der Waals surface area contributed by atoms with Gasteiger partial charge in [0.15, 0.2) is 0 Å². The molecule has 1 saturated heterocycles. The van der Waals surface area contributed by atoms with Crippen LogP contribution in [-0.4, -0.2) is 19.1 Å². The zero-order valence-electron chi connectivity index (χ0n) is 6.20. The van der Waals surface area contributed by atoms with Crippen LogP contribution in [0.2, 0.25) is 0 Å². The molecule has 0 amide bonds. The minimum absolute atomic E-state index is 0.498. The van der Waals surface area contributed by atoms with E-state index < -0.39 is 0 Å². The summed E-state index contributed by atoms with van der Waals surface area (Å²) >= 11 is 0. The van der Waals surface area contributed by atoms with Gasteiger partial charge in [-0.05, 0) is 32.2 Å². The van der Waals surface area contributed by atoms with Gasteiger partial charge in [-0.3, -0.25) is 0 Å². The largest absolute Gasteiger partial charge is 0.314 e. The van der Waals surface area contributed by atoms with Crippen LogP contribution < -0.4 is 10.9 Å². The Morgan fingerprint density at radius 3 is 3.10 bits per heavy atom. The lowest BCUT2D eigenvalue weighted by Gasteiger charge is -2.07. The van der Waals surface area contributed by atoms with E-state index in [1.165, 1.54) is 12.8 Å². The highest BCUT2D eigenvalue weighted by Gasteiger charge is 2.12. The second kappa shape index (κ2) is 4.63. The van der Waals surface area contributed by atoms with E-state index in [-0.39, 0.29) is 0 Å². The lowest BCUT2D eigenvalue weighted by Crippen LogP contribution is -2.22. The van der Waals surface area contributed by atoms with Gasteiger partial charge in [0, 0.05) is 12.6 Å². The van der Waals surface area contributed by atoms with E-state index >= 15 is 0 Å². The van der Waals surface area contributed by atoms with Gasteiger partial charge in [-0.15, -0.1) is 4.48 Å². The molecule has 1 rings (SSSR count). The molecule has 1 aliphatic rings. The van der Waals surface area contributed by atoms with E-state index in [1.807, 2.05) is 0 Å². The van der Waals surface area contributed by atoms with Crippen molar-refractivity contribution in [3.05, 3.63) is 0 Å². The minimum atomic E-state index is 0.498. The molecule has 2 nitrogen and oxygen atoms in total. The Morgan fingerprint density at radius 2 is 2.50 bits per heavy atom. The van der Waals surface area contributed by atoms with E-state index in [0.717, 1.165) is 19.4 Å². The molecule has 0 bridgehead atoms. The summed E-state index contributed by atoms with van der Waals surface area (Å²) in [6.45, 7) is 1.64. The molecule has 0 radical (unpaired) electrons. The van der Waals surface area contributed by atoms with Gasteiger partial charge in [0.05, 0.1) is 0 Å². The van der Waals surface area contributed by atoms with Gasteiger partial charge in [-0.25, -0.2) is 0 Å². The van der Waals surface area contributed by atoms with E-state index in [1.54, 1.807) is 5.54 Å². The van der Waals surface area contributed by atoms with Gasteiger partial charge in [-0.1, -0.05) is 0 Å². The maximum absolute atomic E-state index is 11.4. The van der Waals surface area contributed by atoms with Crippen LogP contribution in [0.4, 0.5) is 4.48 Å². The third-order valence-corrected chi connectivity index (χ3v) is 1.99. The maximum atomic E-state index is 11.4. The fraction of sp³-hybridized carbons (Fsp3) is 1.00. The number of nitrogens with one attached hydrogen (secondary N) is 2. The molecular weight excluding hydrogens is 131 g/mol. The lowest BCUT2D eigenvalue weighted by atomic mass is 10.1. The Kier molecular flexibility index (Phi) is 3.68. The highest BCUT2D eigenvalue weighted by molar-refractivity contribution is 4.73. The zero-order valence-corrected chi connectivity index (χ0v) is 6.20. The number of hydrogen-bond acceptors (Lipinski definition) is 2. The summed E-state index contributed by atoms with van der Waals surface area (Å²) in [4.78, 5) is 0. The molecule has 3 heteroatoms. The van der Waals surface area contributed by atoms with Crippen molar-refractivity contribution in [2.75, 3.05) is 13.1 Å². The van der Waals surface area contributed by atoms with Crippen molar-refractivity contribution in [3.8, 4) is 0 Å². The topological polar surface area (TPSA) is 24.1 Å². The average molecular weight is 146 g/mol. The highest BCUT2D eigenvalue weighted by Crippen LogP contribution is 2.09. The smallest absolute Gasteiger partial charge is 0.0260 e. The van der Waals surface area contributed by atoms with Crippen molar-refractivity contribution in [2.24, 2.45) is 0 Å². The van der Waals surface area contributed by atoms with Gasteiger partial charge >= 0.3 is 0 Å². The van der Waals surface area contributed by atoms with Crippen molar-refractivity contribution in [1.29, 1.82) is 0 Å². The quantitative estimate of drug-likeness (QED) is 0.456. The first-order valence-electron chi connectivity index (χ1n) is 4.00. The monoisotopic (exact) mass is 146 g/mol. The van der Waals surface area contributed by atoms with Gasteiger partial charge in [0.2, 0.25) is 0 Å². The van der Waals surface area contributed by atoms with Crippen LogP contribution in [0, 0.1) is 0 Å². The van der Waals surface area contributed by atoms with E-state index in [0.29, 0.717) is 12.6 Å². The average Bonchev–Trinajstić information content (AvgIpc) is 2.41. The highest BCUT2D eigenvalue weighted by atomic mass is 19.2. The molecule has 1 heterocycles. The Labute approximate surface area is 61.1 Å². The Balaban J connectivity index is 1.91. The van der Waals surface area contributed by atoms with Crippen LogP contribution in [0.25, 0.3) is 0 Å². The number of halogens is 1. The second-order valence-corrected chi connectivity index (χ2v) is 2.82. The van der Waals surface area contributed by atoms with Crippen LogP contribution in [0.5, 0.6) is 0 Å². The summed E-state index contributed by atoms with van der Waals surface area (Å²) in [7, 11) is 0. The third-order valence-electron chi connectivity index (χ3n) is 1.99. The summed E-state index contributed by atoms with van der Waals surface area (Å²) in [5.74, 6) is 0. The molecule has 0 aromatic heterocycles. The first-order chi connectivity index (χ1) is 4.93. The van der Waals surface area contributed by atoms with E-state index in [2.05, 4.69) is 5.32 Å². The van der Waals surface area contributed by atoms with Crippen molar-refractivity contribution in [1.82, 2.24) is 10.9 Å². The molecule has 0 saturated carbocycles. The normalized spacial score (nSPS) is 25.5. The summed E-state index contributed by atoms with van der Waals surface area (Å²) in [5, 5.41) is 3.37. The summed E-state index contributed by atoms with van der Waals surface area (Å²) < 4.78 is 11.4. The third kappa shape index (κ3) is 2.62. The van der Waals surface area contributed by atoms with Crippen molar-refractivity contribution in [2.45, 2.75) is 31.7 Å². The molecule has 0 unspecified atom stereocenters. The Bertz CT molecular complexity index is 81.7. The molecule has 0 aromatic carbocycles. The predicted octanol–water partition coefficient (Wildman–Crippen LogP) is 0.993. The summed E-state index contributed by atoms with van der Waals surface area (Å²) in [5.41, 5.74) is 1.66. The van der Waals surface area contributed by atoms with Crippen LogP contribution in [0.3, 0.4) is 0 Å². The fourth-order valence-corrected chi connectivity index (χ4v) is 1.42. The fourth-order valence-electron chi connectivity index (χ4n) is 1.42. The molecule has 1 fully saturated rings. The van der Waals surface area contributed by atoms with E-state index in [9.17, 15) is 4.48 Å². The van der Waals surface area contributed by atoms with Crippen LogP contribution in [0.1, 0.15) is 25.7 Å². The van der Waals surface area contributed by atoms with Crippen LogP contribution in [-0.2, 0) is 0 Å². The molecule has 1 aliphatic heterocycles. The second-order valence-electron chi connectivity index (χ2n) is 2.82. The first kappa shape index (κ1) is 7.95. The zero-order chi connectivity index (χ0) is 7.23. The molecule has 1 atom stereocenters. The Hall–Kier alpha value is -0.150. The molecule has 0 aliphatic carbocycles. The first-order valence-corrected chi connectivity index (χ1v) is 4.00. The number of hydrogen-bond donors (Lipinski definition) is 2. The minimum Gasteiger partial charge on any atom is -0.314 e. The molecular formula is C7H15FN2. The predicted molar refractivity (Wildman–Crippen MR) is 39.4 cm³/mol. The maximum Gasteiger partial charge on any atom is 0.0260 e. The summed E-state index contributed by atoms with van der Waals surface area (Å²) in [6, 6.07) is 0.661. The Morgan fingerprint density at radius 1 is 1.60 bits per heavy atom. The van der Waals surface area contributed by atoms with E-state index in [4.69, 9.17) is 0 Å². The lowest BCUT2D eigenvalue weighted by molar-refractivity contribution is 0.324. The molecule has 2 N–H and O–H groups in total. The van der Waals surface area contributed by atoms with Gasteiger partial charge in [0.25, 0.3) is 0 Å². The van der Waals surface area contributed by atoms with Gasteiger partial charge in [-0.2, -0.15) is 5.54 Å². The number of rotatable bonds is 4. The molecule has 0 spiro atoms. The molecule has 10 heavy (non-hydrogen) atoms. The molecule has 60 valence electrons. The standard InChI is InChI=1S/C7H15FN2/c8-10-6-2-4-7-3-1-5-9-7/h7,9-10H,1-6H2/t7-/m1/s1.